The van der Waals surface area contributed by atoms with Crippen molar-refractivity contribution in [3.05, 3.63) is 16.6 Å². The number of hydrogen-bond acceptors (Lipinski definition) is 4. The second-order valence-corrected chi connectivity index (χ2v) is 5.35. The van der Waals surface area contributed by atoms with E-state index in [4.69, 9.17) is 18.0 Å². The van der Waals surface area contributed by atoms with E-state index in [0.717, 1.165) is 5.69 Å². The minimum absolute atomic E-state index is 0.0551. The molecule has 1 unspecified atom stereocenters. The van der Waals surface area contributed by atoms with Gasteiger partial charge in [0.2, 0.25) is 5.91 Å². The number of rotatable bonds is 5. The summed E-state index contributed by atoms with van der Waals surface area (Å²) in [6.07, 6.45) is 0.600. The van der Waals surface area contributed by atoms with E-state index in [2.05, 4.69) is 4.98 Å². The van der Waals surface area contributed by atoms with Gasteiger partial charge in [-0.1, -0.05) is 19.1 Å². The molecular formula is C11H17N3OS2. The van der Waals surface area contributed by atoms with Gasteiger partial charge in [0.05, 0.1) is 28.2 Å². The topological polar surface area (TPSA) is 59.2 Å². The number of aromatic nitrogens is 1. The lowest BCUT2D eigenvalue weighted by atomic mass is 9.86. The van der Waals surface area contributed by atoms with Gasteiger partial charge >= 0.3 is 0 Å². The number of amides is 1. The summed E-state index contributed by atoms with van der Waals surface area (Å²) in [7, 11) is 1.74. The molecule has 0 saturated heterocycles. The molecule has 1 aromatic heterocycles. The Morgan fingerprint density at radius 3 is 2.76 bits per heavy atom. The fourth-order valence-electron chi connectivity index (χ4n) is 1.48. The minimum atomic E-state index is -0.764. The number of thiazole rings is 1. The number of nitrogens with zero attached hydrogens (tertiary/aromatic N) is 2. The number of carbonyl (C=O) groups is 1. The van der Waals surface area contributed by atoms with Gasteiger partial charge in [0.25, 0.3) is 0 Å². The molecule has 1 heterocycles. The summed E-state index contributed by atoms with van der Waals surface area (Å²) >= 11 is 6.50. The van der Waals surface area contributed by atoms with Crippen LogP contribution in [-0.2, 0) is 11.3 Å². The standard InChI is InChI=1S/C11H17N3OS2/c1-4-11(2,9(12)16)10(15)14(3)5-8-6-17-7-13-8/h6-7H,4-5H2,1-3H3,(H2,12,16). The lowest BCUT2D eigenvalue weighted by Gasteiger charge is -2.30. The minimum Gasteiger partial charge on any atom is -0.392 e. The summed E-state index contributed by atoms with van der Waals surface area (Å²) in [4.78, 5) is 18.3. The van der Waals surface area contributed by atoms with Gasteiger partial charge in [-0.2, -0.15) is 0 Å². The van der Waals surface area contributed by atoms with Gasteiger partial charge in [0, 0.05) is 12.4 Å². The van der Waals surface area contributed by atoms with Crippen molar-refractivity contribution < 1.29 is 4.79 Å². The third kappa shape index (κ3) is 3.01. The second-order valence-electron chi connectivity index (χ2n) is 4.19. The summed E-state index contributed by atoms with van der Waals surface area (Å²) < 4.78 is 0. The summed E-state index contributed by atoms with van der Waals surface area (Å²) in [6, 6.07) is 0. The SMILES string of the molecule is CCC(C)(C(=O)N(C)Cc1cscn1)C(N)=S. The molecule has 17 heavy (non-hydrogen) atoms. The highest BCUT2D eigenvalue weighted by molar-refractivity contribution is 7.80. The zero-order valence-corrected chi connectivity index (χ0v) is 11.9. The van der Waals surface area contributed by atoms with Crippen LogP contribution in [0.15, 0.2) is 10.9 Å². The second kappa shape index (κ2) is 5.55. The molecule has 2 N–H and O–H groups in total. The van der Waals surface area contributed by atoms with Crippen molar-refractivity contribution in [1.29, 1.82) is 0 Å². The Bertz CT molecular complexity index is 405. The molecule has 0 bridgehead atoms. The van der Waals surface area contributed by atoms with Crippen LogP contribution in [0.3, 0.4) is 0 Å². The van der Waals surface area contributed by atoms with Crippen LogP contribution in [0.25, 0.3) is 0 Å². The Morgan fingerprint density at radius 2 is 2.35 bits per heavy atom. The fraction of sp³-hybridized carbons (Fsp3) is 0.545. The van der Waals surface area contributed by atoms with Crippen molar-refractivity contribution in [1.82, 2.24) is 9.88 Å². The average Bonchev–Trinajstić information content (AvgIpc) is 2.79. The van der Waals surface area contributed by atoms with Gasteiger partial charge in [0.15, 0.2) is 0 Å². The number of thiocarbonyl (C=S) groups is 1. The van der Waals surface area contributed by atoms with E-state index >= 15 is 0 Å². The molecule has 6 heteroatoms. The van der Waals surface area contributed by atoms with Crippen LogP contribution in [-0.4, -0.2) is 27.8 Å². The van der Waals surface area contributed by atoms with Crippen molar-refractivity contribution >= 4 is 34.5 Å². The fourth-order valence-corrected chi connectivity index (χ4v) is 2.26. The van der Waals surface area contributed by atoms with Crippen molar-refractivity contribution in [2.24, 2.45) is 11.1 Å². The van der Waals surface area contributed by atoms with Gasteiger partial charge in [-0.15, -0.1) is 11.3 Å². The third-order valence-corrected chi connectivity index (χ3v) is 4.04. The molecule has 0 aliphatic carbocycles. The van der Waals surface area contributed by atoms with E-state index in [1.807, 2.05) is 12.3 Å². The summed E-state index contributed by atoms with van der Waals surface area (Å²) in [6.45, 7) is 4.18. The zero-order chi connectivity index (χ0) is 13.1. The average molecular weight is 271 g/mol. The van der Waals surface area contributed by atoms with Crippen LogP contribution < -0.4 is 5.73 Å². The Labute approximate surface area is 111 Å². The first kappa shape index (κ1) is 14.1. The highest BCUT2D eigenvalue weighted by Gasteiger charge is 2.36. The Hall–Kier alpha value is -1.01. The summed E-state index contributed by atoms with van der Waals surface area (Å²) in [5.41, 5.74) is 7.53. The quantitative estimate of drug-likeness (QED) is 0.830. The van der Waals surface area contributed by atoms with E-state index in [-0.39, 0.29) is 10.9 Å². The lowest BCUT2D eigenvalue weighted by molar-refractivity contribution is -0.137. The zero-order valence-electron chi connectivity index (χ0n) is 10.3. The molecule has 4 nitrogen and oxygen atoms in total. The normalized spacial score (nSPS) is 14.1. The number of carbonyl (C=O) groups excluding carboxylic acids is 1. The van der Waals surface area contributed by atoms with E-state index in [1.165, 1.54) is 11.3 Å². The van der Waals surface area contributed by atoms with Gasteiger partial charge in [-0.05, 0) is 13.3 Å². The number of nitrogens with two attached hydrogens (primary N) is 1. The smallest absolute Gasteiger partial charge is 0.235 e. The van der Waals surface area contributed by atoms with Gasteiger partial charge in [-0.3, -0.25) is 4.79 Å². The Balaban J connectivity index is 2.78. The van der Waals surface area contributed by atoms with Crippen molar-refractivity contribution in [3.8, 4) is 0 Å². The summed E-state index contributed by atoms with van der Waals surface area (Å²) in [5, 5.41) is 1.92. The first-order valence-corrected chi connectivity index (χ1v) is 6.69. The monoisotopic (exact) mass is 271 g/mol. The third-order valence-electron chi connectivity index (χ3n) is 2.95. The molecular weight excluding hydrogens is 254 g/mol. The Kier molecular flexibility index (Phi) is 4.59. The molecule has 1 atom stereocenters. The maximum atomic E-state index is 12.3. The highest BCUT2D eigenvalue weighted by Crippen LogP contribution is 2.25. The van der Waals surface area contributed by atoms with Crippen LogP contribution in [0.2, 0.25) is 0 Å². The first-order chi connectivity index (χ1) is 7.91. The molecule has 0 radical (unpaired) electrons. The predicted molar refractivity (Wildman–Crippen MR) is 73.8 cm³/mol. The molecule has 1 aromatic rings. The van der Waals surface area contributed by atoms with E-state index in [9.17, 15) is 4.79 Å². The molecule has 0 aromatic carbocycles. The molecule has 0 aliphatic rings. The van der Waals surface area contributed by atoms with Gasteiger partial charge in [-0.25, -0.2) is 4.98 Å². The Morgan fingerprint density at radius 1 is 1.71 bits per heavy atom. The molecule has 0 aliphatic heterocycles. The molecule has 1 amide bonds. The maximum absolute atomic E-state index is 12.3. The van der Waals surface area contributed by atoms with Crippen LogP contribution in [0.5, 0.6) is 0 Å². The van der Waals surface area contributed by atoms with Crippen molar-refractivity contribution in [3.63, 3.8) is 0 Å². The highest BCUT2D eigenvalue weighted by atomic mass is 32.1. The van der Waals surface area contributed by atoms with E-state index in [0.29, 0.717) is 13.0 Å². The summed E-state index contributed by atoms with van der Waals surface area (Å²) in [5.74, 6) is -0.0551. The lowest BCUT2D eigenvalue weighted by Crippen LogP contribution is -2.47. The predicted octanol–water partition coefficient (Wildman–Crippen LogP) is 1.80. The maximum Gasteiger partial charge on any atom is 0.235 e. The first-order valence-electron chi connectivity index (χ1n) is 5.34. The van der Waals surface area contributed by atoms with Crippen LogP contribution in [0.1, 0.15) is 26.0 Å². The van der Waals surface area contributed by atoms with Crippen LogP contribution >= 0.6 is 23.6 Å². The van der Waals surface area contributed by atoms with E-state index < -0.39 is 5.41 Å². The van der Waals surface area contributed by atoms with Crippen LogP contribution in [0.4, 0.5) is 0 Å². The molecule has 0 spiro atoms. The number of hydrogen-bond donors (Lipinski definition) is 1. The molecule has 0 saturated carbocycles. The van der Waals surface area contributed by atoms with Gasteiger partial charge < -0.3 is 10.6 Å². The van der Waals surface area contributed by atoms with E-state index in [1.54, 1.807) is 24.4 Å². The van der Waals surface area contributed by atoms with Gasteiger partial charge in [0.1, 0.15) is 0 Å². The van der Waals surface area contributed by atoms with Crippen LogP contribution in [0, 0.1) is 5.41 Å². The molecule has 94 valence electrons. The van der Waals surface area contributed by atoms with Crippen molar-refractivity contribution in [2.45, 2.75) is 26.8 Å². The van der Waals surface area contributed by atoms with Crippen molar-refractivity contribution in [2.75, 3.05) is 7.05 Å². The largest absolute Gasteiger partial charge is 0.392 e. The molecule has 0 fully saturated rings. The molecule has 1 rings (SSSR count).